The third-order valence-corrected chi connectivity index (χ3v) is 4.62. The molecule has 0 spiro atoms. The second-order valence-electron chi connectivity index (χ2n) is 7.12. The van der Waals surface area contributed by atoms with Gasteiger partial charge in [0.25, 0.3) is 0 Å². The van der Waals surface area contributed by atoms with Crippen molar-refractivity contribution >= 4 is 17.2 Å². The van der Waals surface area contributed by atoms with Crippen LogP contribution in [0.2, 0.25) is 0 Å². The lowest BCUT2D eigenvalue weighted by molar-refractivity contribution is -0.121. The summed E-state index contributed by atoms with van der Waals surface area (Å²) in [4.78, 5) is 16.6. The van der Waals surface area contributed by atoms with Crippen LogP contribution in [0.15, 0.2) is 29.6 Å². The van der Waals surface area contributed by atoms with E-state index in [0.29, 0.717) is 19.4 Å². The Hall–Kier alpha value is -1.72. The standard InChI is InChI=1S/C19H26N2O2S/c1-13(22)10-19(3,4)12-20-18(23)9-15-5-7-16(8-6-15)17-11-24-14(2)21-17/h5-8,11,13,22H,9-10,12H2,1-4H3,(H,20,23). The van der Waals surface area contributed by atoms with E-state index < -0.39 is 0 Å². The number of thiazole rings is 1. The first-order valence-electron chi connectivity index (χ1n) is 8.21. The second kappa shape index (κ2) is 7.90. The molecule has 1 unspecified atom stereocenters. The van der Waals surface area contributed by atoms with Crippen LogP contribution >= 0.6 is 11.3 Å². The lowest BCUT2D eigenvalue weighted by atomic mass is 9.87. The number of hydrogen-bond donors (Lipinski definition) is 2. The predicted molar refractivity (Wildman–Crippen MR) is 99.1 cm³/mol. The van der Waals surface area contributed by atoms with Gasteiger partial charge in [-0.15, -0.1) is 11.3 Å². The van der Waals surface area contributed by atoms with E-state index in [1.807, 2.05) is 50.4 Å². The lowest BCUT2D eigenvalue weighted by Gasteiger charge is -2.26. The molecule has 1 aromatic heterocycles. The van der Waals surface area contributed by atoms with Crippen molar-refractivity contribution in [1.82, 2.24) is 10.3 Å². The van der Waals surface area contributed by atoms with Gasteiger partial charge < -0.3 is 10.4 Å². The summed E-state index contributed by atoms with van der Waals surface area (Å²) in [5.41, 5.74) is 2.92. The molecule has 0 aliphatic rings. The summed E-state index contributed by atoms with van der Waals surface area (Å²) in [5, 5.41) is 15.6. The molecule has 2 rings (SSSR count). The number of rotatable bonds is 7. The first kappa shape index (κ1) is 18.6. The summed E-state index contributed by atoms with van der Waals surface area (Å²) in [6.07, 6.45) is 0.662. The smallest absolute Gasteiger partial charge is 0.224 e. The third kappa shape index (κ3) is 5.73. The molecule has 130 valence electrons. The molecule has 0 aliphatic heterocycles. The molecule has 2 aromatic rings. The number of hydrogen-bond acceptors (Lipinski definition) is 4. The monoisotopic (exact) mass is 346 g/mol. The molecule has 24 heavy (non-hydrogen) atoms. The van der Waals surface area contributed by atoms with E-state index in [2.05, 4.69) is 10.3 Å². The quantitative estimate of drug-likeness (QED) is 0.805. The maximum absolute atomic E-state index is 12.1. The van der Waals surface area contributed by atoms with Crippen LogP contribution in [0.25, 0.3) is 11.3 Å². The maximum atomic E-state index is 12.1. The van der Waals surface area contributed by atoms with Crippen molar-refractivity contribution in [2.24, 2.45) is 5.41 Å². The van der Waals surface area contributed by atoms with Crippen molar-refractivity contribution in [3.8, 4) is 11.3 Å². The Bertz CT molecular complexity index is 675. The van der Waals surface area contributed by atoms with Crippen LogP contribution in [0, 0.1) is 12.3 Å². The van der Waals surface area contributed by atoms with E-state index in [4.69, 9.17) is 0 Å². The normalized spacial score (nSPS) is 12.9. The minimum Gasteiger partial charge on any atom is -0.393 e. The fraction of sp³-hybridized carbons (Fsp3) is 0.474. The highest BCUT2D eigenvalue weighted by molar-refractivity contribution is 7.09. The summed E-state index contributed by atoms with van der Waals surface area (Å²) in [6.45, 7) is 8.42. The zero-order valence-corrected chi connectivity index (χ0v) is 15.6. The van der Waals surface area contributed by atoms with Gasteiger partial charge in [0.2, 0.25) is 5.91 Å². The SMILES string of the molecule is Cc1nc(-c2ccc(CC(=O)NCC(C)(C)CC(C)O)cc2)cs1. The highest BCUT2D eigenvalue weighted by atomic mass is 32.1. The zero-order chi connectivity index (χ0) is 17.7. The number of benzene rings is 1. The molecule has 4 nitrogen and oxygen atoms in total. The number of aromatic nitrogens is 1. The molecule has 2 N–H and O–H groups in total. The predicted octanol–water partition coefficient (Wildman–Crippen LogP) is 3.57. The van der Waals surface area contributed by atoms with Crippen molar-refractivity contribution in [2.75, 3.05) is 6.54 Å². The van der Waals surface area contributed by atoms with Crippen molar-refractivity contribution in [2.45, 2.75) is 46.6 Å². The van der Waals surface area contributed by atoms with Gasteiger partial charge in [0.05, 0.1) is 23.2 Å². The largest absolute Gasteiger partial charge is 0.393 e. The maximum Gasteiger partial charge on any atom is 0.224 e. The minimum atomic E-state index is -0.362. The molecule has 0 radical (unpaired) electrons. The molecule has 0 saturated heterocycles. The minimum absolute atomic E-state index is 0.00548. The van der Waals surface area contributed by atoms with Gasteiger partial charge in [0.1, 0.15) is 0 Å². The van der Waals surface area contributed by atoms with E-state index in [1.54, 1.807) is 18.3 Å². The Kier molecular flexibility index (Phi) is 6.13. The van der Waals surface area contributed by atoms with Crippen LogP contribution in [-0.2, 0) is 11.2 Å². The van der Waals surface area contributed by atoms with Crippen molar-refractivity contribution in [3.05, 3.63) is 40.2 Å². The van der Waals surface area contributed by atoms with Gasteiger partial charge in [-0.05, 0) is 31.2 Å². The number of aliphatic hydroxyl groups is 1. The van der Waals surface area contributed by atoms with Gasteiger partial charge in [-0.1, -0.05) is 38.1 Å². The van der Waals surface area contributed by atoms with Crippen molar-refractivity contribution < 1.29 is 9.90 Å². The molecule has 1 amide bonds. The Morgan fingerprint density at radius 1 is 1.33 bits per heavy atom. The number of nitrogens with one attached hydrogen (secondary N) is 1. The third-order valence-electron chi connectivity index (χ3n) is 3.85. The number of carbonyl (C=O) groups excluding carboxylic acids is 1. The lowest BCUT2D eigenvalue weighted by Crippen LogP contribution is -2.36. The fourth-order valence-electron chi connectivity index (χ4n) is 2.75. The van der Waals surface area contributed by atoms with Gasteiger partial charge in [0, 0.05) is 17.5 Å². The Balaban J connectivity index is 1.88. The topological polar surface area (TPSA) is 62.2 Å². The second-order valence-corrected chi connectivity index (χ2v) is 8.18. The number of aryl methyl sites for hydroxylation is 1. The Morgan fingerprint density at radius 3 is 2.54 bits per heavy atom. The Labute approximate surface area is 148 Å². The first-order chi connectivity index (χ1) is 11.2. The van der Waals surface area contributed by atoms with Crippen LogP contribution in [0.1, 0.15) is 37.8 Å². The number of nitrogens with zero attached hydrogens (tertiary/aromatic N) is 1. The highest BCUT2D eigenvalue weighted by Gasteiger charge is 2.21. The summed E-state index contributed by atoms with van der Waals surface area (Å²) in [6, 6.07) is 7.97. The summed E-state index contributed by atoms with van der Waals surface area (Å²) >= 11 is 1.63. The van der Waals surface area contributed by atoms with Gasteiger partial charge in [-0.3, -0.25) is 4.79 Å². The van der Waals surface area contributed by atoms with Crippen LogP contribution < -0.4 is 5.32 Å². The molecule has 0 saturated carbocycles. The molecular formula is C19H26N2O2S. The highest BCUT2D eigenvalue weighted by Crippen LogP contribution is 2.22. The number of amides is 1. The van der Waals surface area contributed by atoms with Crippen LogP contribution in [-0.4, -0.2) is 28.6 Å². The summed E-state index contributed by atoms with van der Waals surface area (Å²) in [7, 11) is 0. The van der Waals surface area contributed by atoms with Crippen LogP contribution in [0.3, 0.4) is 0 Å². The van der Waals surface area contributed by atoms with E-state index in [1.165, 1.54) is 0 Å². The van der Waals surface area contributed by atoms with Gasteiger partial charge >= 0.3 is 0 Å². The van der Waals surface area contributed by atoms with E-state index in [9.17, 15) is 9.90 Å². The molecule has 0 aliphatic carbocycles. The first-order valence-corrected chi connectivity index (χ1v) is 9.09. The average molecular weight is 346 g/mol. The summed E-state index contributed by atoms with van der Waals surface area (Å²) < 4.78 is 0. The van der Waals surface area contributed by atoms with E-state index in [0.717, 1.165) is 21.8 Å². The summed E-state index contributed by atoms with van der Waals surface area (Å²) in [5.74, 6) is 0.00548. The van der Waals surface area contributed by atoms with Gasteiger partial charge in [-0.25, -0.2) is 4.98 Å². The molecular weight excluding hydrogens is 320 g/mol. The van der Waals surface area contributed by atoms with Crippen molar-refractivity contribution in [3.63, 3.8) is 0 Å². The van der Waals surface area contributed by atoms with Crippen LogP contribution in [0.4, 0.5) is 0 Å². The molecule has 1 atom stereocenters. The molecule has 1 aromatic carbocycles. The van der Waals surface area contributed by atoms with Gasteiger partial charge in [-0.2, -0.15) is 0 Å². The molecule has 0 bridgehead atoms. The van der Waals surface area contributed by atoms with Crippen LogP contribution in [0.5, 0.6) is 0 Å². The molecule has 1 heterocycles. The van der Waals surface area contributed by atoms with E-state index >= 15 is 0 Å². The van der Waals surface area contributed by atoms with Crippen molar-refractivity contribution in [1.29, 1.82) is 0 Å². The number of carbonyl (C=O) groups is 1. The molecule has 5 heteroatoms. The average Bonchev–Trinajstić information content (AvgIpc) is 2.91. The zero-order valence-electron chi connectivity index (χ0n) is 14.8. The fourth-order valence-corrected chi connectivity index (χ4v) is 3.37. The number of aliphatic hydroxyl groups excluding tert-OH is 1. The Morgan fingerprint density at radius 2 is 2.00 bits per heavy atom. The van der Waals surface area contributed by atoms with E-state index in [-0.39, 0.29) is 17.4 Å². The molecule has 0 fully saturated rings. The van der Waals surface area contributed by atoms with Gasteiger partial charge in [0.15, 0.2) is 0 Å².